The quantitative estimate of drug-likeness (QED) is 0.0244. The van der Waals surface area contributed by atoms with Crippen LogP contribution in [-0.2, 0) is 14.3 Å². The van der Waals surface area contributed by atoms with Gasteiger partial charge in [0.1, 0.15) is 6.10 Å². The molecule has 6 nitrogen and oxygen atoms in total. The van der Waals surface area contributed by atoms with Crippen LogP contribution in [0.25, 0.3) is 0 Å². The minimum atomic E-state index is -0.820. The number of nitrogens with one attached hydrogen (secondary N) is 1. The Labute approximate surface area is 419 Å². The number of aliphatic hydroxyl groups is 2. The van der Waals surface area contributed by atoms with Crippen LogP contribution in [0.4, 0.5) is 0 Å². The minimum Gasteiger partial charge on any atom is -0.462 e. The third kappa shape index (κ3) is 48.7. The Balaban J connectivity index is 4.80. The summed E-state index contributed by atoms with van der Waals surface area (Å²) in [6.07, 6.45) is 75.5. The van der Waals surface area contributed by atoms with Gasteiger partial charge in [0.05, 0.1) is 25.2 Å². The molecule has 386 valence electrons. The van der Waals surface area contributed by atoms with Crippen LogP contribution in [0.1, 0.15) is 233 Å². The molecule has 0 aromatic carbocycles. The van der Waals surface area contributed by atoms with Crippen molar-refractivity contribution in [2.75, 3.05) is 6.61 Å². The summed E-state index contributed by atoms with van der Waals surface area (Å²) in [4.78, 5) is 26.2. The molecule has 0 aliphatic heterocycles. The number of amides is 1. The van der Waals surface area contributed by atoms with Crippen molar-refractivity contribution in [1.29, 1.82) is 0 Å². The number of aliphatic hydroxyl groups excluding tert-OH is 2. The summed E-state index contributed by atoms with van der Waals surface area (Å²) < 4.78 is 5.89. The maximum Gasteiger partial charge on any atom is 0.306 e. The van der Waals surface area contributed by atoms with E-state index in [0.717, 1.165) is 89.9 Å². The topological polar surface area (TPSA) is 95.9 Å². The molecule has 3 N–H and O–H groups in total. The summed E-state index contributed by atoms with van der Waals surface area (Å²) in [6.45, 7) is 6.30. The van der Waals surface area contributed by atoms with Crippen LogP contribution in [0.5, 0.6) is 0 Å². The zero-order valence-electron chi connectivity index (χ0n) is 43.9. The van der Waals surface area contributed by atoms with E-state index in [1.165, 1.54) is 89.9 Å². The van der Waals surface area contributed by atoms with Gasteiger partial charge in [-0.15, -0.1) is 0 Å². The van der Waals surface area contributed by atoms with E-state index in [2.05, 4.69) is 123 Å². The molecule has 1 amide bonds. The molecule has 0 saturated carbocycles. The summed E-state index contributed by atoms with van der Waals surface area (Å²) in [5.41, 5.74) is 0. The van der Waals surface area contributed by atoms with Gasteiger partial charge in [-0.25, -0.2) is 0 Å². The molecule has 0 radical (unpaired) electrons. The summed E-state index contributed by atoms with van der Waals surface area (Å²) in [5.74, 6) is -0.621. The highest BCUT2D eigenvalue weighted by atomic mass is 16.5. The Morgan fingerprint density at radius 2 is 0.853 bits per heavy atom. The molecule has 3 unspecified atom stereocenters. The first-order valence-corrected chi connectivity index (χ1v) is 27.8. The number of ether oxygens (including phenoxy) is 1. The Morgan fingerprint density at radius 3 is 1.34 bits per heavy atom. The van der Waals surface area contributed by atoms with Gasteiger partial charge in [0.15, 0.2) is 0 Å². The number of esters is 1. The molecule has 3 atom stereocenters. The van der Waals surface area contributed by atoms with Crippen molar-refractivity contribution in [1.82, 2.24) is 5.32 Å². The van der Waals surface area contributed by atoms with Crippen LogP contribution in [0, 0.1) is 0 Å². The molecular formula is C62H103NO5. The van der Waals surface area contributed by atoms with Crippen LogP contribution >= 0.6 is 0 Å². The molecule has 0 spiro atoms. The second-order valence-electron chi connectivity index (χ2n) is 18.3. The predicted octanol–water partition coefficient (Wildman–Crippen LogP) is 17.2. The van der Waals surface area contributed by atoms with E-state index in [9.17, 15) is 19.8 Å². The fraction of sp³-hybridized carbons (Fsp3) is 0.645. The average molecular weight is 943 g/mol. The van der Waals surface area contributed by atoms with Crippen molar-refractivity contribution < 1.29 is 24.5 Å². The summed E-state index contributed by atoms with van der Waals surface area (Å²) in [6, 6.07) is -0.739. The number of rotatable bonds is 48. The third-order valence-electron chi connectivity index (χ3n) is 11.9. The smallest absolute Gasteiger partial charge is 0.306 e. The molecule has 0 heterocycles. The highest BCUT2D eigenvalue weighted by Crippen LogP contribution is 2.17. The summed E-state index contributed by atoms with van der Waals surface area (Å²) in [7, 11) is 0. The predicted molar refractivity (Wildman–Crippen MR) is 296 cm³/mol. The van der Waals surface area contributed by atoms with Crippen LogP contribution in [0.3, 0.4) is 0 Å². The molecule has 6 heteroatoms. The molecule has 0 rings (SSSR count). The Hall–Kier alpha value is -3.74. The van der Waals surface area contributed by atoms with E-state index in [-0.39, 0.29) is 31.3 Å². The molecule has 0 aliphatic rings. The highest BCUT2D eigenvalue weighted by Gasteiger charge is 2.24. The van der Waals surface area contributed by atoms with E-state index in [4.69, 9.17) is 4.74 Å². The van der Waals surface area contributed by atoms with Crippen LogP contribution in [0.2, 0.25) is 0 Å². The summed E-state index contributed by atoms with van der Waals surface area (Å²) in [5, 5.41) is 23.8. The lowest BCUT2D eigenvalue weighted by Crippen LogP contribution is -2.46. The zero-order valence-corrected chi connectivity index (χ0v) is 43.9. The lowest BCUT2D eigenvalue weighted by Gasteiger charge is -2.24. The van der Waals surface area contributed by atoms with Crippen molar-refractivity contribution in [3.63, 3.8) is 0 Å². The number of hydrogen-bond donors (Lipinski definition) is 3. The molecule has 0 aliphatic carbocycles. The van der Waals surface area contributed by atoms with Crippen molar-refractivity contribution >= 4 is 11.9 Å². The lowest BCUT2D eigenvalue weighted by atomic mass is 10.0. The van der Waals surface area contributed by atoms with Crippen LogP contribution in [-0.4, -0.2) is 46.9 Å². The molecule has 68 heavy (non-hydrogen) atoms. The first-order chi connectivity index (χ1) is 33.5. The number of unbranched alkanes of at least 4 members (excludes halogenated alkanes) is 19. The van der Waals surface area contributed by atoms with Gasteiger partial charge in [0.2, 0.25) is 5.91 Å². The SMILES string of the molecule is CC/C=C\C/C=C\C/C=C\C/C=C\C/C=C\C/C=C\CCC(=O)OC(CCCCC/C=C/C=C/C=C/C=C/CCCCC)CC(=O)NC(CO)C(O)CCCCCCCCCCCCCCCC. The molecule has 0 saturated heterocycles. The van der Waals surface area contributed by atoms with Crippen molar-refractivity contribution in [2.45, 2.75) is 251 Å². The van der Waals surface area contributed by atoms with E-state index in [1.54, 1.807) is 0 Å². The van der Waals surface area contributed by atoms with E-state index < -0.39 is 18.2 Å². The standard InChI is InChI=1S/C62H103NO5/c1-4-7-10-13-16-19-22-25-28-30-31-32-34-37-40-43-46-49-52-55-62(67)68-58(53-50-47-44-41-38-35-33-29-26-23-20-17-14-11-8-5-2)56-61(66)63-59(57-64)60(65)54-51-48-45-42-39-36-27-24-21-18-15-12-9-6-3/h7,10,16-17,19-20,23,25-26,28-29,31-33,35,37-38,40,46,49,58-60,64-65H,4-6,8-9,11-15,18,21-22,24,27,30,34,36,39,41-45,47-48,50-57H2,1-3H3,(H,63,66)/b10-7-,19-16-,20-17+,26-23+,28-25-,32-31-,33-29+,38-35+,40-37-,49-46-. The zero-order chi connectivity index (χ0) is 49.5. The van der Waals surface area contributed by atoms with Gasteiger partial charge >= 0.3 is 5.97 Å². The van der Waals surface area contributed by atoms with Gasteiger partial charge in [-0.1, -0.05) is 251 Å². The van der Waals surface area contributed by atoms with Gasteiger partial charge < -0.3 is 20.3 Å². The molecule has 0 aromatic rings. The van der Waals surface area contributed by atoms with Gasteiger partial charge in [-0.3, -0.25) is 9.59 Å². The third-order valence-corrected chi connectivity index (χ3v) is 11.9. The fourth-order valence-corrected chi connectivity index (χ4v) is 7.70. The molecule has 0 aromatic heterocycles. The normalized spacial score (nSPS) is 14.1. The maximum absolute atomic E-state index is 13.2. The first-order valence-electron chi connectivity index (χ1n) is 27.8. The van der Waals surface area contributed by atoms with Gasteiger partial charge in [-0.05, 0) is 89.9 Å². The Bertz CT molecular complexity index is 1430. The van der Waals surface area contributed by atoms with Crippen LogP contribution < -0.4 is 5.32 Å². The second-order valence-corrected chi connectivity index (χ2v) is 18.3. The first kappa shape index (κ1) is 64.3. The summed E-state index contributed by atoms with van der Waals surface area (Å²) >= 11 is 0. The molecular weight excluding hydrogens is 839 g/mol. The van der Waals surface area contributed by atoms with Crippen molar-refractivity contribution in [2.24, 2.45) is 0 Å². The van der Waals surface area contributed by atoms with E-state index in [1.807, 2.05) is 24.3 Å². The minimum absolute atomic E-state index is 0.0138. The maximum atomic E-state index is 13.2. The molecule has 0 bridgehead atoms. The van der Waals surface area contributed by atoms with E-state index in [0.29, 0.717) is 19.3 Å². The van der Waals surface area contributed by atoms with Gasteiger partial charge in [-0.2, -0.15) is 0 Å². The second kappa shape index (κ2) is 54.2. The largest absolute Gasteiger partial charge is 0.462 e. The van der Waals surface area contributed by atoms with Gasteiger partial charge in [0.25, 0.3) is 0 Å². The Kier molecular flexibility index (Phi) is 51.2. The fourth-order valence-electron chi connectivity index (χ4n) is 7.70. The number of carbonyl (C=O) groups is 2. The number of carbonyl (C=O) groups excluding carboxylic acids is 2. The highest BCUT2D eigenvalue weighted by molar-refractivity contribution is 5.77. The average Bonchev–Trinajstić information content (AvgIpc) is 3.33. The monoisotopic (exact) mass is 942 g/mol. The van der Waals surface area contributed by atoms with Crippen LogP contribution in [0.15, 0.2) is 122 Å². The molecule has 0 fully saturated rings. The van der Waals surface area contributed by atoms with Gasteiger partial charge in [0, 0.05) is 6.42 Å². The lowest BCUT2D eigenvalue weighted by molar-refractivity contribution is -0.150. The van der Waals surface area contributed by atoms with Crippen molar-refractivity contribution in [3.8, 4) is 0 Å². The number of allylic oxidation sites excluding steroid dienone is 20. The van der Waals surface area contributed by atoms with Crippen molar-refractivity contribution in [3.05, 3.63) is 122 Å². The van der Waals surface area contributed by atoms with E-state index >= 15 is 0 Å². The Morgan fingerprint density at radius 1 is 0.456 bits per heavy atom. The number of hydrogen-bond acceptors (Lipinski definition) is 5.